The number of rotatable bonds is 5. The molecule has 0 bridgehead atoms. The zero-order valence-corrected chi connectivity index (χ0v) is 12.2. The highest BCUT2D eigenvalue weighted by Gasteiger charge is 2.21. The van der Waals surface area contributed by atoms with Crippen LogP contribution in [0.5, 0.6) is 0 Å². The van der Waals surface area contributed by atoms with Crippen molar-refractivity contribution in [1.29, 1.82) is 0 Å². The van der Waals surface area contributed by atoms with E-state index in [1.165, 1.54) is 18.4 Å². The number of nitrogens with one attached hydrogen (secondary N) is 1. The van der Waals surface area contributed by atoms with Gasteiger partial charge < -0.3 is 10.1 Å². The normalized spacial score (nSPS) is 10.2. The molecule has 0 saturated heterocycles. The first-order valence-corrected chi connectivity index (χ1v) is 6.90. The van der Waals surface area contributed by atoms with Crippen molar-refractivity contribution in [2.24, 2.45) is 0 Å². The average molecular weight is 290 g/mol. The molecule has 0 unspecified atom stereocenters. The third kappa shape index (κ3) is 3.46. The lowest BCUT2D eigenvalue weighted by molar-refractivity contribution is -0.116. The van der Waals surface area contributed by atoms with Gasteiger partial charge in [-0.2, -0.15) is 0 Å². The highest BCUT2D eigenvalue weighted by atomic mass is 35.5. The number of anilines is 1. The number of amides is 1. The van der Waals surface area contributed by atoms with Crippen LogP contribution in [0.2, 0.25) is 0 Å². The van der Waals surface area contributed by atoms with E-state index >= 15 is 0 Å². The molecule has 0 aromatic carbocycles. The Morgan fingerprint density at radius 3 is 2.61 bits per heavy atom. The highest BCUT2D eigenvalue weighted by molar-refractivity contribution is 7.16. The molecule has 0 aliphatic rings. The maximum atomic E-state index is 11.7. The van der Waals surface area contributed by atoms with Gasteiger partial charge >= 0.3 is 5.97 Å². The van der Waals surface area contributed by atoms with E-state index < -0.39 is 5.97 Å². The van der Waals surface area contributed by atoms with Crippen molar-refractivity contribution in [3.8, 4) is 0 Å². The van der Waals surface area contributed by atoms with Gasteiger partial charge in [0.05, 0.1) is 12.7 Å². The average Bonchev–Trinajstić information content (AvgIpc) is 2.61. The van der Waals surface area contributed by atoms with Crippen LogP contribution in [0.1, 0.15) is 33.6 Å². The number of hydrogen-bond acceptors (Lipinski definition) is 4. The van der Waals surface area contributed by atoms with Crippen LogP contribution in [0, 0.1) is 13.8 Å². The van der Waals surface area contributed by atoms with Crippen molar-refractivity contribution < 1.29 is 14.3 Å². The minimum Gasteiger partial charge on any atom is -0.465 e. The van der Waals surface area contributed by atoms with E-state index in [1.54, 1.807) is 0 Å². The van der Waals surface area contributed by atoms with Gasteiger partial charge in [0.2, 0.25) is 5.91 Å². The summed E-state index contributed by atoms with van der Waals surface area (Å²) >= 11 is 6.91. The molecule has 0 spiro atoms. The Kier molecular flexibility index (Phi) is 5.62. The predicted molar refractivity (Wildman–Crippen MR) is 73.7 cm³/mol. The van der Waals surface area contributed by atoms with Crippen molar-refractivity contribution in [2.75, 3.05) is 18.3 Å². The molecular weight excluding hydrogens is 274 g/mol. The summed E-state index contributed by atoms with van der Waals surface area (Å²) in [6.07, 6.45) is 0.963. The Morgan fingerprint density at radius 2 is 2.06 bits per heavy atom. The summed E-state index contributed by atoms with van der Waals surface area (Å²) in [6, 6.07) is 0. The van der Waals surface area contributed by atoms with Gasteiger partial charge in [-0.25, -0.2) is 4.79 Å². The Hall–Kier alpha value is -1.07. The van der Waals surface area contributed by atoms with Gasteiger partial charge in [0.15, 0.2) is 0 Å². The molecule has 0 aliphatic carbocycles. The fourth-order valence-electron chi connectivity index (χ4n) is 1.48. The van der Waals surface area contributed by atoms with Crippen LogP contribution in [0.15, 0.2) is 0 Å². The lowest BCUT2D eigenvalue weighted by Crippen LogP contribution is -2.13. The fourth-order valence-corrected chi connectivity index (χ4v) is 2.68. The second kappa shape index (κ2) is 6.75. The highest BCUT2D eigenvalue weighted by Crippen LogP contribution is 2.33. The van der Waals surface area contributed by atoms with Crippen LogP contribution in [-0.4, -0.2) is 24.9 Å². The number of carbonyl (C=O) groups is 2. The van der Waals surface area contributed by atoms with Crippen molar-refractivity contribution in [2.45, 2.75) is 26.7 Å². The summed E-state index contributed by atoms with van der Waals surface area (Å²) in [6.45, 7) is 3.74. The van der Waals surface area contributed by atoms with Crippen LogP contribution in [-0.2, 0) is 9.53 Å². The molecule has 1 aromatic heterocycles. The molecule has 18 heavy (non-hydrogen) atoms. The van der Waals surface area contributed by atoms with Crippen LogP contribution >= 0.6 is 22.9 Å². The topological polar surface area (TPSA) is 55.4 Å². The van der Waals surface area contributed by atoms with Gasteiger partial charge in [-0.15, -0.1) is 22.9 Å². The summed E-state index contributed by atoms with van der Waals surface area (Å²) in [5, 5.41) is 3.29. The third-order valence-electron chi connectivity index (χ3n) is 2.57. The lowest BCUT2D eigenvalue weighted by atomic mass is 10.1. The SMILES string of the molecule is COC(=O)c1c(NC(=O)CCCCl)sc(C)c1C. The van der Waals surface area contributed by atoms with Crippen LogP contribution in [0.25, 0.3) is 0 Å². The van der Waals surface area contributed by atoms with Crippen molar-refractivity contribution in [3.05, 3.63) is 16.0 Å². The molecular formula is C12H16ClNO3S. The zero-order valence-electron chi connectivity index (χ0n) is 10.6. The standard InChI is InChI=1S/C12H16ClNO3S/c1-7-8(2)18-11(10(7)12(16)17-3)14-9(15)5-4-6-13/h4-6H2,1-3H3,(H,14,15). The van der Waals surface area contributed by atoms with E-state index in [4.69, 9.17) is 16.3 Å². The molecule has 0 aliphatic heterocycles. The first-order chi connectivity index (χ1) is 8.51. The monoisotopic (exact) mass is 289 g/mol. The first kappa shape index (κ1) is 15.0. The smallest absolute Gasteiger partial charge is 0.341 e. The summed E-state index contributed by atoms with van der Waals surface area (Å²) in [5.41, 5.74) is 1.29. The van der Waals surface area contributed by atoms with Gasteiger partial charge in [0.1, 0.15) is 5.00 Å². The number of alkyl halides is 1. The number of hydrogen-bond donors (Lipinski definition) is 1. The molecule has 1 heterocycles. The van der Waals surface area contributed by atoms with Gasteiger partial charge in [0, 0.05) is 17.2 Å². The molecule has 0 saturated carbocycles. The summed E-state index contributed by atoms with van der Waals surface area (Å²) in [5.74, 6) is -0.119. The van der Waals surface area contributed by atoms with Crippen molar-refractivity contribution >= 4 is 39.8 Å². The Bertz CT molecular complexity index is 456. The van der Waals surface area contributed by atoms with Gasteiger partial charge in [0.25, 0.3) is 0 Å². The Labute approximate surface area is 115 Å². The van der Waals surface area contributed by atoms with Crippen molar-refractivity contribution in [1.82, 2.24) is 0 Å². The fraction of sp³-hybridized carbons (Fsp3) is 0.500. The third-order valence-corrected chi connectivity index (χ3v) is 3.96. The van der Waals surface area contributed by atoms with Gasteiger partial charge in [-0.3, -0.25) is 4.79 Å². The number of halogens is 1. The molecule has 1 aromatic rings. The van der Waals surface area contributed by atoms with Gasteiger partial charge in [-0.1, -0.05) is 0 Å². The van der Waals surface area contributed by atoms with E-state index in [0.29, 0.717) is 29.3 Å². The van der Waals surface area contributed by atoms with E-state index in [0.717, 1.165) is 10.4 Å². The van der Waals surface area contributed by atoms with E-state index in [9.17, 15) is 9.59 Å². The molecule has 0 fully saturated rings. The van der Waals surface area contributed by atoms with E-state index in [1.807, 2.05) is 13.8 Å². The minimum atomic E-state index is -0.426. The Balaban J connectivity index is 2.91. The van der Waals surface area contributed by atoms with Crippen LogP contribution in [0.4, 0.5) is 5.00 Å². The molecule has 4 nitrogen and oxygen atoms in total. The summed E-state index contributed by atoms with van der Waals surface area (Å²) < 4.78 is 4.73. The maximum absolute atomic E-state index is 11.7. The molecule has 1 N–H and O–H groups in total. The predicted octanol–water partition coefficient (Wildman–Crippen LogP) is 3.11. The molecule has 100 valence electrons. The molecule has 0 atom stereocenters. The second-order valence-corrected chi connectivity index (χ2v) is 5.42. The van der Waals surface area contributed by atoms with E-state index in [-0.39, 0.29) is 5.91 Å². The number of esters is 1. The van der Waals surface area contributed by atoms with E-state index in [2.05, 4.69) is 5.32 Å². The molecule has 1 amide bonds. The second-order valence-electron chi connectivity index (χ2n) is 3.82. The largest absolute Gasteiger partial charge is 0.465 e. The zero-order chi connectivity index (χ0) is 13.7. The molecule has 6 heteroatoms. The summed E-state index contributed by atoms with van der Waals surface area (Å²) in [7, 11) is 1.33. The minimum absolute atomic E-state index is 0.137. The lowest BCUT2D eigenvalue weighted by Gasteiger charge is -2.05. The van der Waals surface area contributed by atoms with Gasteiger partial charge in [-0.05, 0) is 25.8 Å². The first-order valence-electron chi connectivity index (χ1n) is 5.55. The number of methoxy groups -OCH3 is 1. The molecule has 0 radical (unpaired) electrons. The maximum Gasteiger partial charge on any atom is 0.341 e. The molecule has 1 rings (SSSR count). The number of ether oxygens (including phenoxy) is 1. The van der Waals surface area contributed by atoms with Crippen molar-refractivity contribution in [3.63, 3.8) is 0 Å². The number of thiophene rings is 1. The quantitative estimate of drug-likeness (QED) is 0.669. The number of carbonyl (C=O) groups excluding carboxylic acids is 2. The summed E-state index contributed by atoms with van der Waals surface area (Å²) in [4.78, 5) is 24.3. The van der Waals surface area contributed by atoms with Crippen LogP contribution in [0.3, 0.4) is 0 Å². The van der Waals surface area contributed by atoms with Crippen LogP contribution < -0.4 is 5.32 Å². The number of aryl methyl sites for hydroxylation is 1. The Morgan fingerprint density at radius 1 is 1.39 bits per heavy atom.